The van der Waals surface area contributed by atoms with Crippen LogP contribution in [0.3, 0.4) is 0 Å². The van der Waals surface area contributed by atoms with Gasteiger partial charge < -0.3 is 9.52 Å². The number of carbonyl (C=O) groups is 1. The van der Waals surface area contributed by atoms with Crippen molar-refractivity contribution in [1.82, 2.24) is 9.80 Å². The molecular formula is C12H15F3N2O3. The van der Waals surface area contributed by atoms with Crippen LogP contribution in [0, 0.1) is 0 Å². The Hall–Kier alpha value is -1.54. The first-order valence-electron chi connectivity index (χ1n) is 6.17. The number of alkyl halides is 3. The molecule has 0 aliphatic carbocycles. The zero-order valence-electron chi connectivity index (χ0n) is 10.7. The molecule has 1 saturated heterocycles. The number of rotatable bonds is 4. The monoisotopic (exact) mass is 292 g/mol. The molecule has 1 fully saturated rings. The van der Waals surface area contributed by atoms with Crippen molar-refractivity contribution >= 4 is 5.97 Å². The fourth-order valence-corrected chi connectivity index (χ4v) is 2.16. The molecule has 0 aromatic carbocycles. The zero-order valence-corrected chi connectivity index (χ0v) is 10.7. The van der Waals surface area contributed by atoms with Gasteiger partial charge in [-0.3, -0.25) is 9.80 Å². The van der Waals surface area contributed by atoms with Crippen LogP contribution in [0.5, 0.6) is 0 Å². The van der Waals surface area contributed by atoms with Gasteiger partial charge >= 0.3 is 12.1 Å². The third kappa shape index (κ3) is 4.24. The normalized spacial score (nSPS) is 18.4. The summed E-state index contributed by atoms with van der Waals surface area (Å²) < 4.78 is 41.8. The van der Waals surface area contributed by atoms with E-state index in [1.54, 1.807) is 6.07 Å². The summed E-state index contributed by atoms with van der Waals surface area (Å²) in [6.45, 7) is 1.20. The maximum atomic E-state index is 12.2. The molecule has 2 rings (SSSR count). The summed E-state index contributed by atoms with van der Waals surface area (Å²) in [5.74, 6) is -0.756. The molecule has 1 N–H and O–H groups in total. The van der Waals surface area contributed by atoms with Gasteiger partial charge in [-0.15, -0.1) is 0 Å². The van der Waals surface area contributed by atoms with E-state index in [1.807, 2.05) is 4.90 Å². The molecule has 0 saturated carbocycles. The van der Waals surface area contributed by atoms with E-state index < -0.39 is 18.7 Å². The van der Waals surface area contributed by atoms with Crippen LogP contribution >= 0.6 is 0 Å². The molecule has 0 atom stereocenters. The fourth-order valence-electron chi connectivity index (χ4n) is 2.16. The Bertz CT molecular complexity index is 465. The molecule has 0 radical (unpaired) electrons. The van der Waals surface area contributed by atoms with E-state index in [9.17, 15) is 18.0 Å². The van der Waals surface area contributed by atoms with Gasteiger partial charge in [0.15, 0.2) is 0 Å². The number of nitrogens with zero attached hydrogens (tertiary/aromatic N) is 2. The Morgan fingerprint density at radius 3 is 2.30 bits per heavy atom. The van der Waals surface area contributed by atoms with Gasteiger partial charge in [0.05, 0.1) is 13.1 Å². The quantitative estimate of drug-likeness (QED) is 0.914. The Morgan fingerprint density at radius 1 is 1.20 bits per heavy atom. The number of aromatic carboxylic acids is 1. The molecule has 0 amide bonds. The van der Waals surface area contributed by atoms with Crippen LogP contribution in [0.1, 0.15) is 16.3 Å². The number of piperazine rings is 1. The highest BCUT2D eigenvalue weighted by molar-refractivity contribution is 5.84. The van der Waals surface area contributed by atoms with E-state index in [-0.39, 0.29) is 5.76 Å². The SMILES string of the molecule is O=C(O)c1ccc(CN2CCN(CC(F)(F)F)CC2)o1. The molecule has 0 unspecified atom stereocenters. The number of furan rings is 1. The van der Waals surface area contributed by atoms with Crippen LogP contribution in [-0.2, 0) is 6.54 Å². The molecule has 1 aliphatic rings. The third-order valence-electron chi connectivity index (χ3n) is 3.12. The van der Waals surface area contributed by atoms with E-state index in [2.05, 4.69) is 0 Å². The molecule has 2 heterocycles. The Morgan fingerprint density at radius 2 is 1.80 bits per heavy atom. The van der Waals surface area contributed by atoms with Crippen LogP contribution in [0.15, 0.2) is 16.5 Å². The molecule has 1 aliphatic heterocycles. The first-order valence-corrected chi connectivity index (χ1v) is 6.17. The zero-order chi connectivity index (χ0) is 14.8. The molecule has 0 bridgehead atoms. The van der Waals surface area contributed by atoms with Gasteiger partial charge in [-0.25, -0.2) is 4.79 Å². The van der Waals surface area contributed by atoms with Crippen molar-refractivity contribution in [3.63, 3.8) is 0 Å². The number of halogens is 3. The average Bonchev–Trinajstić information content (AvgIpc) is 2.78. The largest absolute Gasteiger partial charge is 0.475 e. The highest BCUT2D eigenvalue weighted by Crippen LogP contribution is 2.18. The Balaban J connectivity index is 1.80. The molecule has 1 aromatic heterocycles. The highest BCUT2D eigenvalue weighted by atomic mass is 19.4. The van der Waals surface area contributed by atoms with E-state index in [0.717, 1.165) is 0 Å². The third-order valence-corrected chi connectivity index (χ3v) is 3.12. The average molecular weight is 292 g/mol. The maximum Gasteiger partial charge on any atom is 0.401 e. The van der Waals surface area contributed by atoms with Crippen molar-refractivity contribution in [3.05, 3.63) is 23.7 Å². The van der Waals surface area contributed by atoms with Crippen LogP contribution in [-0.4, -0.2) is 59.8 Å². The number of hydrogen-bond acceptors (Lipinski definition) is 4. The minimum atomic E-state index is -4.17. The molecular weight excluding hydrogens is 277 g/mol. The van der Waals surface area contributed by atoms with Crippen molar-refractivity contribution < 1.29 is 27.5 Å². The smallest absolute Gasteiger partial charge is 0.401 e. The maximum absolute atomic E-state index is 12.2. The molecule has 20 heavy (non-hydrogen) atoms. The second kappa shape index (κ2) is 5.84. The first-order chi connectivity index (χ1) is 9.33. The standard InChI is InChI=1S/C12H15F3N2O3/c13-12(14,15)8-17-5-3-16(4-6-17)7-9-1-2-10(20-9)11(18)19/h1-2H,3-8H2,(H,18,19). The predicted molar refractivity (Wildman–Crippen MR) is 63.4 cm³/mol. The summed E-state index contributed by atoms with van der Waals surface area (Å²) in [6, 6.07) is 2.95. The van der Waals surface area contributed by atoms with E-state index in [1.165, 1.54) is 11.0 Å². The van der Waals surface area contributed by atoms with Gasteiger partial charge in [-0.1, -0.05) is 0 Å². The van der Waals surface area contributed by atoms with E-state index in [4.69, 9.17) is 9.52 Å². The van der Waals surface area contributed by atoms with Crippen LogP contribution in [0.25, 0.3) is 0 Å². The Labute approximate surface area is 113 Å². The topological polar surface area (TPSA) is 56.9 Å². The van der Waals surface area contributed by atoms with Gasteiger partial charge in [-0.05, 0) is 12.1 Å². The second-order valence-electron chi connectivity index (χ2n) is 4.74. The fraction of sp³-hybridized carbons (Fsp3) is 0.583. The molecule has 0 spiro atoms. The minimum absolute atomic E-state index is 0.129. The lowest BCUT2D eigenvalue weighted by Crippen LogP contribution is -2.48. The van der Waals surface area contributed by atoms with Gasteiger partial charge in [0.1, 0.15) is 5.76 Å². The van der Waals surface area contributed by atoms with Crippen molar-refractivity contribution in [3.8, 4) is 0 Å². The summed E-state index contributed by atoms with van der Waals surface area (Å²) in [5.41, 5.74) is 0. The lowest BCUT2D eigenvalue weighted by molar-refractivity contribution is -0.149. The lowest BCUT2D eigenvalue weighted by atomic mass is 10.3. The summed E-state index contributed by atoms with van der Waals surface area (Å²) in [7, 11) is 0. The lowest BCUT2D eigenvalue weighted by Gasteiger charge is -2.34. The number of carboxylic acid groups (broad SMARTS) is 1. The summed E-state index contributed by atoms with van der Waals surface area (Å²) in [4.78, 5) is 14.0. The molecule has 5 nitrogen and oxygen atoms in total. The van der Waals surface area contributed by atoms with Crippen LogP contribution in [0.2, 0.25) is 0 Å². The van der Waals surface area contributed by atoms with Crippen molar-refractivity contribution in [1.29, 1.82) is 0 Å². The Kier molecular flexibility index (Phi) is 4.34. The van der Waals surface area contributed by atoms with E-state index in [0.29, 0.717) is 38.5 Å². The van der Waals surface area contributed by atoms with Crippen LogP contribution < -0.4 is 0 Å². The number of hydrogen-bond donors (Lipinski definition) is 1. The van der Waals surface area contributed by atoms with Gasteiger partial charge in [-0.2, -0.15) is 13.2 Å². The second-order valence-corrected chi connectivity index (χ2v) is 4.74. The first kappa shape index (κ1) is 14.9. The van der Waals surface area contributed by atoms with Crippen molar-refractivity contribution in [2.75, 3.05) is 32.7 Å². The number of carboxylic acids is 1. The van der Waals surface area contributed by atoms with Crippen molar-refractivity contribution in [2.45, 2.75) is 12.7 Å². The molecule has 112 valence electrons. The van der Waals surface area contributed by atoms with Gasteiger partial charge in [0, 0.05) is 26.2 Å². The predicted octanol–water partition coefficient (Wildman–Crippen LogP) is 1.66. The molecule has 1 aromatic rings. The van der Waals surface area contributed by atoms with Crippen molar-refractivity contribution in [2.24, 2.45) is 0 Å². The summed E-state index contributed by atoms with van der Waals surface area (Å²) in [5, 5.41) is 8.73. The van der Waals surface area contributed by atoms with Gasteiger partial charge in [0.25, 0.3) is 0 Å². The van der Waals surface area contributed by atoms with Gasteiger partial charge in [0.2, 0.25) is 5.76 Å². The summed E-state index contributed by atoms with van der Waals surface area (Å²) >= 11 is 0. The van der Waals surface area contributed by atoms with Crippen LogP contribution in [0.4, 0.5) is 13.2 Å². The molecule has 8 heteroatoms. The summed E-state index contributed by atoms with van der Waals surface area (Å²) in [6.07, 6.45) is -4.17. The highest BCUT2D eigenvalue weighted by Gasteiger charge is 2.32. The van der Waals surface area contributed by atoms with E-state index >= 15 is 0 Å². The minimum Gasteiger partial charge on any atom is -0.475 e.